The van der Waals surface area contributed by atoms with E-state index >= 15 is 0 Å². The van der Waals surface area contributed by atoms with Crippen molar-refractivity contribution >= 4 is 0 Å². The van der Waals surface area contributed by atoms with Crippen molar-refractivity contribution in [2.75, 3.05) is 39.5 Å². The van der Waals surface area contributed by atoms with Crippen molar-refractivity contribution in [3.05, 3.63) is 0 Å². The number of hydrogen-bond donors (Lipinski definition) is 4. The summed E-state index contributed by atoms with van der Waals surface area (Å²) in [6.45, 7) is 4.05. The molecule has 0 radical (unpaired) electrons. The molecule has 5 nitrogen and oxygen atoms in total. The van der Waals surface area contributed by atoms with Crippen LogP contribution in [0.15, 0.2) is 0 Å². The number of nitrogens with zero attached hydrogens (tertiary/aromatic N) is 1. The van der Waals surface area contributed by atoms with Crippen LogP contribution in [0.25, 0.3) is 0 Å². The zero-order chi connectivity index (χ0) is 12.2. The molecule has 0 bridgehead atoms. The number of nitrogens with one attached hydrogen (secondary N) is 1. The SMILES string of the molecule is CCCCC(NCCO)N(CCO)CCO. The van der Waals surface area contributed by atoms with E-state index < -0.39 is 0 Å². The van der Waals surface area contributed by atoms with Crippen LogP contribution in [-0.2, 0) is 0 Å². The van der Waals surface area contributed by atoms with E-state index in [-0.39, 0.29) is 26.0 Å². The predicted molar refractivity (Wildman–Crippen MR) is 64.1 cm³/mol. The lowest BCUT2D eigenvalue weighted by Crippen LogP contribution is -2.48. The fourth-order valence-corrected chi connectivity index (χ4v) is 1.72. The van der Waals surface area contributed by atoms with Crippen LogP contribution in [0.1, 0.15) is 26.2 Å². The summed E-state index contributed by atoms with van der Waals surface area (Å²) in [6, 6.07) is 0. The number of aliphatic hydroxyl groups excluding tert-OH is 3. The molecule has 0 fully saturated rings. The Kier molecular flexibility index (Phi) is 11.1. The molecular formula is C11H26N2O3. The van der Waals surface area contributed by atoms with Gasteiger partial charge in [0.15, 0.2) is 0 Å². The highest BCUT2D eigenvalue weighted by atomic mass is 16.3. The lowest BCUT2D eigenvalue weighted by molar-refractivity contribution is 0.0946. The molecule has 0 aromatic heterocycles. The summed E-state index contributed by atoms with van der Waals surface area (Å²) >= 11 is 0. The minimum absolute atomic E-state index is 0.0867. The van der Waals surface area contributed by atoms with Crippen LogP contribution in [-0.4, -0.2) is 65.8 Å². The normalized spacial score (nSPS) is 13.3. The average Bonchev–Trinajstić information content (AvgIpc) is 2.29. The van der Waals surface area contributed by atoms with Crippen molar-refractivity contribution < 1.29 is 15.3 Å². The molecule has 1 atom stereocenters. The van der Waals surface area contributed by atoms with Gasteiger partial charge in [-0.05, 0) is 6.42 Å². The number of unbranched alkanes of at least 4 members (excludes halogenated alkanes) is 1. The highest BCUT2D eigenvalue weighted by Crippen LogP contribution is 2.05. The van der Waals surface area contributed by atoms with Gasteiger partial charge in [-0.1, -0.05) is 19.8 Å². The van der Waals surface area contributed by atoms with Gasteiger partial charge in [-0.25, -0.2) is 0 Å². The van der Waals surface area contributed by atoms with E-state index in [1.54, 1.807) is 0 Å². The van der Waals surface area contributed by atoms with E-state index in [9.17, 15) is 0 Å². The summed E-state index contributed by atoms with van der Waals surface area (Å²) in [4.78, 5) is 2.02. The van der Waals surface area contributed by atoms with Crippen LogP contribution in [0.2, 0.25) is 0 Å². The van der Waals surface area contributed by atoms with Gasteiger partial charge in [0.25, 0.3) is 0 Å². The molecule has 0 amide bonds. The molecule has 4 N–H and O–H groups in total. The summed E-state index contributed by atoms with van der Waals surface area (Å²) in [5, 5.41) is 30.0. The van der Waals surface area contributed by atoms with Gasteiger partial charge < -0.3 is 15.3 Å². The summed E-state index contributed by atoms with van der Waals surface area (Å²) in [5.41, 5.74) is 0. The molecule has 16 heavy (non-hydrogen) atoms. The van der Waals surface area contributed by atoms with Gasteiger partial charge in [0.1, 0.15) is 0 Å². The molecule has 0 aliphatic carbocycles. The van der Waals surface area contributed by atoms with E-state index in [2.05, 4.69) is 12.2 Å². The molecule has 1 unspecified atom stereocenters. The van der Waals surface area contributed by atoms with E-state index in [0.717, 1.165) is 19.3 Å². The van der Waals surface area contributed by atoms with Crippen LogP contribution in [0.4, 0.5) is 0 Å². The van der Waals surface area contributed by atoms with Gasteiger partial charge in [0, 0.05) is 19.6 Å². The van der Waals surface area contributed by atoms with Crippen LogP contribution >= 0.6 is 0 Å². The molecule has 5 heteroatoms. The fraction of sp³-hybridized carbons (Fsp3) is 1.00. The predicted octanol–water partition coefficient (Wildman–Crippen LogP) is -0.629. The van der Waals surface area contributed by atoms with E-state index in [1.807, 2.05) is 4.90 Å². The molecular weight excluding hydrogens is 208 g/mol. The maximum Gasteiger partial charge on any atom is 0.0599 e. The molecule has 0 aliphatic rings. The van der Waals surface area contributed by atoms with Crippen molar-refractivity contribution in [1.82, 2.24) is 10.2 Å². The van der Waals surface area contributed by atoms with Crippen molar-refractivity contribution in [2.45, 2.75) is 32.4 Å². The van der Waals surface area contributed by atoms with Crippen LogP contribution in [0, 0.1) is 0 Å². The standard InChI is InChI=1S/C11H26N2O3/c1-2-3-4-11(12-5-8-14)13(6-9-15)7-10-16/h11-12,14-16H,2-10H2,1H3. The summed E-state index contributed by atoms with van der Waals surface area (Å²) in [7, 11) is 0. The van der Waals surface area contributed by atoms with Crippen molar-refractivity contribution in [3.63, 3.8) is 0 Å². The third-order valence-electron chi connectivity index (χ3n) is 2.54. The first-order valence-electron chi connectivity index (χ1n) is 6.10. The monoisotopic (exact) mass is 234 g/mol. The molecule has 0 rings (SSSR count). The average molecular weight is 234 g/mol. The zero-order valence-corrected chi connectivity index (χ0v) is 10.2. The second-order valence-electron chi connectivity index (χ2n) is 3.82. The highest BCUT2D eigenvalue weighted by Gasteiger charge is 2.15. The Morgan fingerprint density at radius 2 is 1.69 bits per heavy atom. The van der Waals surface area contributed by atoms with Crippen molar-refractivity contribution in [1.29, 1.82) is 0 Å². The number of aliphatic hydroxyl groups is 3. The first kappa shape index (κ1) is 15.8. The summed E-state index contributed by atoms with van der Waals surface area (Å²) in [5.74, 6) is 0. The first-order valence-corrected chi connectivity index (χ1v) is 6.10. The highest BCUT2D eigenvalue weighted by molar-refractivity contribution is 4.69. The maximum absolute atomic E-state index is 8.96. The number of rotatable bonds is 11. The minimum Gasteiger partial charge on any atom is -0.395 e. The lowest BCUT2D eigenvalue weighted by Gasteiger charge is -2.31. The third-order valence-corrected chi connectivity index (χ3v) is 2.54. The van der Waals surface area contributed by atoms with Gasteiger partial charge >= 0.3 is 0 Å². The van der Waals surface area contributed by atoms with E-state index in [4.69, 9.17) is 15.3 Å². The van der Waals surface area contributed by atoms with Crippen LogP contribution < -0.4 is 5.32 Å². The van der Waals surface area contributed by atoms with E-state index in [1.165, 1.54) is 0 Å². The van der Waals surface area contributed by atoms with E-state index in [0.29, 0.717) is 19.6 Å². The topological polar surface area (TPSA) is 76.0 Å². The molecule has 0 aromatic carbocycles. The Hall–Kier alpha value is -0.200. The Bertz CT molecular complexity index is 133. The molecule has 98 valence electrons. The molecule has 0 heterocycles. The molecule has 0 aliphatic heterocycles. The smallest absolute Gasteiger partial charge is 0.0599 e. The lowest BCUT2D eigenvalue weighted by atomic mass is 10.2. The van der Waals surface area contributed by atoms with Gasteiger partial charge in [-0.15, -0.1) is 0 Å². The Balaban J connectivity index is 4.15. The van der Waals surface area contributed by atoms with Gasteiger partial charge in [-0.2, -0.15) is 0 Å². The summed E-state index contributed by atoms with van der Waals surface area (Å²) in [6.07, 6.45) is 3.31. The van der Waals surface area contributed by atoms with Crippen molar-refractivity contribution in [3.8, 4) is 0 Å². The first-order chi connectivity index (χ1) is 7.79. The van der Waals surface area contributed by atoms with Gasteiger partial charge in [0.2, 0.25) is 0 Å². The third kappa shape index (κ3) is 7.14. The van der Waals surface area contributed by atoms with Gasteiger partial charge in [-0.3, -0.25) is 10.2 Å². The second kappa shape index (κ2) is 11.3. The van der Waals surface area contributed by atoms with Crippen LogP contribution in [0.3, 0.4) is 0 Å². The Labute approximate surface area is 98.1 Å². The molecule has 0 spiro atoms. The largest absolute Gasteiger partial charge is 0.395 e. The summed E-state index contributed by atoms with van der Waals surface area (Å²) < 4.78 is 0. The second-order valence-corrected chi connectivity index (χ2v) is 3.82. The number of hydrogen-bond acceptors (Lipinski definition) is 5. The Morgan fingerprint density at radius 3 is 2.12 bits per heavy atom. The minimum atomic E-state index is 0.0867. The van der Waals surface area contributed by atoms with Gasteiger partial charge in [0.05, 0.1) is 26.0 Å². The molecule has 0 saturated carbocycles. The quantitative estimate of drug-likeness (QED) is 0.358. The van der Waals surface area contributed by atoms with Crippen molar-refractivity contribution in [2.24, 2.45) is 0 Å². The van der Waals surface area contributed by atoms with Crippen LogP contribution in [0.5, 0.6) is 0 Å². The molecule has 0 aromatic rings. The fourth-order valence-electron chi connectivity index (χ4n) is 1.72. The Morgan fingerprint density at radius 1 is 1.06 bits per heavy atom. The maximum atomic E-state index is 8.96. The zero-order valence-electron chi connectivity index (χ0n) is 10.2. The molecule has 0 saturated heterocycles.